The minimum Gasteiger partial charge on any atom is -0.462 e. The van der Waals surface area contributed by atoms with E-state index in [4.69, 9.17) is 4.74 Å². The van der Waals surface area contributed by atoms with Gasteiger partial charge in [0, 0.05) is 5.56 Å². The molecule has 1 aromatic heterocycles. The van der Waals surface area contributed by atoms with Crippen molar-refractivity contribution in [1.29, 1.82) is 0 Å². The number of thiazole rings is 1. The van der Waals surface area contributed by atoms with E-state index in [-0.39, 0.29) is 11.5 Å². The van der Waals surface area contributed by atoms with Gasteiger partial charge in [-0.2, -0.15) is 21.6 Å². The second-order valence-electron chi connectivity index (χ2n) is 4.67. The molecule has 0 atom stereocenters. The fraction of sp³-hybridized carbons (Fsp3) is 0.286. The normalized spacial score (nSPS) is 12.0. The number of hydrogen-bond acceptors (Lipinski definition) is 7. The highest BCUT2D eigenvalue weighted by molar-refractivity contribution is 7.88. The third-order valence-corrected chi connectivity index (χ3v) is 4.99. The zero-order valence-electron chi connectivity index (χ0n) is 13.0. The molecule has 0 aliphatic heterocycles. The lowest BCUT2D eigenvalue weighted by Crippen LogP contribution is -2.28. The van der Waals surface area contributed by atoms with Gasteiger partial charge in [0.25, 0.3) is 0 Å². The molecule has 1 aromatic carbocycles. The SMILES string of the molecule is CCOC(=O)c1sc(-c2cccc(OS(=O)(=O)C(F)(F)F)c2)nc1C. The maximum atomic E-state index is 12.4. The maximum Gasteiger partial charge on any atom is 0.534 e. The van der Waals surface area contributed by atoms with Gasteiger partial charge < -0.3 is 8.92 Å². The number of ether oxygens (including phenoxy) is 1. The Kier molecular flexibility index (Phi) is 5.37. The first-order valence-corrected chi connectivity index (χ1v) is 9.03. The van der Waals surface area contributed by atoms with Crippen LogP contribution >= 0.6 is 11.3 Å². The van der Waals surface area contributed by atoms with Crippen molar-refractivity contribution in [2.75, 3.05) is 6.61 Å². The first kappa shape index (κ1) is 19.2. The van der Waals surface area contributed by atoms with Crippen LogP contribution in [0.15, 0.2) is 24.3 Å². The molecule has 0 fully saturated rings. The Morgan fingerprint density at radius 3 is 2.60 bits per heavy atom. The second kappa shape index (κ2) is 7.00. The number of aromatic nitrogens is 1. The highest BCUT2D eigenvalue weighted by Gasteiger charge is 2.48. The third kappa shape index (κ3) is 4.28. The van der Waals surface area contributed by atoms with Crippen LogP contribution in [0.25, 0.3) is 10.6 Å². The fourth-order valence-corrected chi connectivity index (χ4v) is 3.17. The summed E-state index contributed by atoms with van der Waals surface area (Å²) in [6.45, 7) is 3.42. The summed E-state index contributed by atoms with van der Waals surface area (Å²) < 4.78 is 68.3. The van der Waals surface area contributed by atoms with E-state index in [1.807, 2.05) is 0 Å². The minimum absolute atomic E-state index is 0.185. The average molecular weight is 395 g/mol. The van der Waals surface area contributed by atoms with Gasteiger partial charge in [0.15, 0.2) is 0 Å². The lowest BCUT2D eigenvalue weighted by molar-refractivity contribution is -0.0500. The number of rotatable bonds is 5. The summed E-state index contributed by atoms with van der Waals surface area (Å²) in [6, 6.07) is 4.98. The standard InChI is InChI=1S/C14H12F3NO5S2/c1-3-22-13(19)11-8(2)18-12(24-11)9-5-4-6-10(7-9)23-25(20,21)14(15,16)17/h4-7H,3H2,1-2H3. The number of carbonyl (C=O) groups excluding carboxylic acids is 1. The predicted octanol–water partition coefficient (Wildman–Crippen LogP) is 3.52. The molecule has 2 aromatic rings. The number of aryl methyl sites for hydroxylation is 1. The molecule has 0 N–H and O–H groups in total. The first-order chi connectivity index (χ1) is 11.5. The van der Waals surface area contributed by atoms with Crippen LogP contribution in [0.3, 0.4) is 0 Å². The number of esters is 1. The van der Waals surface area contributed by atoms with Crippen molar-refractivity contribution in [3.63, 3.8) is 0 Å². The Bertz CT molecular complexity index is 890. The van der Waals surface area contributed by atoms with E-state index in [1.165, 1.54) is 12.1 Å². The molecule has 1 heterocycles. The van der Waals surface area contributed by atoms with E-state index >= 15 is 0 Å². The quantitative estimate of drug-likeness (QED) is 0.438. The number of carbonyl (C=O) groups is 1. The van der Waals surface area contributed by atoms with Crippen LogP contribution in [0, 0.1) is 6.92 Å². The van der Waals surface area contributed by atoms with Crippen molar-refractivity contribution in [1.82, 2.24) is 4.98 Å². The molecule has 2 rings (SSSR count). The van der Waals surface area contributed by atoms with E-state index < -0.39 is 27.3 Å². The van der Waals surface area contributed by atoms with Gasteiger partial charge in [-0.1, -0.05) is 12.1 Å². The topological polar surface area (TPSA) is 82.6 Å². The Hall–Kier alpha value is -2.14. The number of hydrogen-bond donors (Lipinski definition) is 0. The molecule has 0 amide bonds. The molecular formula is C14H12F3NO5S2. The summed E-state index contributed by atoms with van der Waals surface area (Å²) in [4.78, 5) is 16.2. The molecule has 0 saturated carbocycles. The molecule has 6 nitrogen and oxygen atoms in total. The maximum absolute atomic E-state index is 12.4. The molecule has 0 spiro atoms. The van der Waals surface area contributed by atoms with E-state index in [1.54, 1.807) is 13.8 Å². The van der Waals surface area contributed by atoms with Gasteiger partial charge >= 0.3 is 21.6 Å². The van der Waals surface area contributed by atoms with Crippen LogP contribution in [0.5, 0.6) is 5.75 Å². The molecule has 0 saturated heterocycles. The van der Waals surface area contributed by atoms with Gasteiger partial charge in [-0.05, 0) is 26.0 Å². The van der Waals surface area contributed by atoms with Crippen LogP contribution in [-0.4, -0.2) is 31.5 Å². The third-order valence-electron chi connectivity index (χ3n) is 2.83. The highest BCUT2D eigenvalue weighted by Crippen LogP contribution is 2.32. The highest BCUT2D eigenvalue weighted by atomic mass is 32.2. The minimum atomic E-state index is -5.76. The molecule has 11 heteroatoms. The fourth-order valence-electron chi connectivity index (χ4n) is 1.76. The number of benzene rings is 1. The lowest BCUT2D eigenvalue weighted by Gasteiger charge is -2.09. The predicted molar refractivity (Wildman–Crippen MR) is 83.8 cm³/mol. The Balaban J connectivity index is 2.34. The van der Waals surface area contributed by atoms with Gasteiger partial charge in [-0.3, -0.25) is 0 Å². The van der Waals surface area contributed by atoms with E-state index in [0.29, 0.717) is 16.3 Å². The van der Waals surface area contributed by atoms with Crippen molar-refractivity contribution in [2.24, 2.45) is 0 Å². The van der Waals surface area contributed by atoms with Crippen molar-refractivity contribution in [3.05, 3.63) is 34.8 Å². The van der Waals surface area contributed by atoms with Crippen LogP contribution < -0.4 is 4.18 Å². The zero-order valence-corrected chi connectivity index (χ0v) is 14.6. The van der Waals surface area contributed by atoms with Gasteiger partial charge in [0.2, 0.25) is 0 Å². The molecular weight excluding hydrogens is 383 g/mol. The largest absolute Gasteiger partial charge is 0.534 e. The molecule has 25 heavy (non-hydrogen) atoms. The lowest BCUT2D eigenvalue weighted by atomic mass is 10.2. The second-order valence-corrected chi connectivity index (χ2v) is 7.20. The van der Waals surface area contributed by atoms with Crippen molar-refractivity contribution < 1.29 is 35.3 Å². The van der Waals surface area contributed by atoms with Crippen LogP contribution in [-0.2, 0) is 14.9 Å². The van der Waals surface area contributed by atoms with Crippen LogP contribution in [0.2, 0.25) is 0 Å². The molecule has 0 aliphatic carbocycles. The Morgan fingerprint density at radius 1 is 1.32 bits per heavy atom. The molecule has 0 unspecified atom stereocenters. The van der Waals surface area contributed by atoms with E-state index in [9.17, 15) is 26.4 Å². The molecule has 0 radical (unpaired) electrons. The number of nitrogens with zero attached hydrogens (tertiary/aromatic N) is 1. The summed E-state index contributed by atoms with van der Waals surface area (Å²) in [5, 5.41) is 0.315. The Labute approximate surface area is 145 Å². The van der Waals surface area contributed by atoms with Gasteiger partial charge in [-0.25, -0.2) is 9.78 Å². The smallest absolute Gasteiger partial charge is 0.462 e. The van der Waals surface area contributed by atoms with E-state index in [0.717, 1.165) is 23.5 Å². The van der Waals surface area contributed by atoms with E-state index in [2.05, 4.69) is 9.17 Å². The monoisotopic (exact) mass is 395 g/mol. The van der Waals surface area contributed by atoms with Crippen molar-refractivity contribution >= 4 is 27.4 Å². The Morgan fingerprint density at radius 2 is 2.00 bits per heavy atom. The van der Waals surface area contributed by atoms with Gasteiger partial charge in [-0.15, -0.1) is 11.3 Å². The molecule has 0 aliphatic rings. The number of halogens is 3. The number of alkyl halides is 3. The average Bonchev–Trinajstić information content (AvgIpc) is 2.88. The summed E-state index contributed by atoms with van der Waals surface area (Å²) >= 11 is 0.980. The van der Waals surface area contributed by atoms with Crippen molar-refractivity contribution in [2.45, 2.75) is 19.4 Å². The molecule has 0 bridgehead atoms. The first-order valence-electron chi connectivity index (χ1n) is 6.81. The summed E-state index contributed by atoms with van der Waals surface area (Å²) in [5.41, 5.74) is -4.83. The van der Waals surface area contributed by atoms with Gasteiger partial charge in [0.05, 0.1) is 12.3 Å². The van der Waals surface area contributed by atoms with Crippen LogP contribution in [0.1, 0.15) is 22.3 Å². The summed E-state index contributed by atoms with van der Waals surface area (Å²) in [5.74, 6) is -1.07. The van der Waals surface area contributed by atoms with Gasteiger partial charge in [0.1, 0.15) is 15.6 Å². The summed E-state index contributed by atoms with van der Waals surface area (Å²) in [6.07, 6.45) is 0. The molecule has 136 valence electrons. The van der Waals surface area contributed by atoms with Crippen LogP contribution in [0.4, 0.5) is 13.2 Å². The summed E-state index contributed by atoms with van der Waals surface area (Å²) in [7, 11) is -5.76. The van der Waals surface area contributed by atoms with Crippen molar-refractivity contribution in [3.8, 4) is 16.3 Å². The zero-order chi connectivity index (χ0) is 18.8.